The van der Waals surface area contributed by atoms with Gasteiger partial charge in [-0.25, -0.2) is 0 Å². The van der Waals surface area contributed by atoms with Crippen LogP contribution in [0.1, 0.15) is 79.2 Å². The second-order valence-corrected chi connectivity index (χ2v) is 16.9. The number of rotatable bonds is 9. The van der Waals surface area contributed by atoms with Gasteiger partial charge in [-0.1, -0.05) is 36.4 Å². The number of phenolic OH excluding ortho intramolecular Hbond substituents is 1. The van der Waals surface area contributed by atoms with Crippen LogP contribution in [0.25, 0.3) is 10.9 Å². The van der Waals surface area contributed by atoms with Crippen molar-refractivity contribution in [3.8, 4) is 11.5 Å². The van der Waals surface area contributed by atoms with Gasteiger partial charge in [-0.2, -0.15) is 5.10 Å². The molecule has 0 saturated carbocycles. The largest absolute Gasteiger partial charge is 0.508 e. The summed E-state index contributed by atoms with van der Waals surface area (Å²) in [6.07, 6.45) is 14.2. The summed E-state index contributed by atoms with van der Waals surface area (Å²) in [7, 11) is 1.82. The lowest BCUT2D eigenvalue weighted by molar-refractivity contribution is -0.135. The van der Waals surface area contributed by atoms with Crippen LogP contribution in [-0.2, 0) is 27.9 Å². The summed E-state index contributed by atoms with van der Waals surface area (Å²) < 4.78 is 7.69. The first-order valence-corrected chi connectivity index (χ1v) is 21.2. The molecule has 11 nitrogen and oxygen atoms in total. The Kier molecular flexibility index (Phi) is 10.8. The lowest BCUT2D eigenvalue weighted by atomic mass is 9.68. The maximum absolute atomic E-state index is 13.2. The topological polar surface area (TPSA) is 120 Å². The van der Waals surface area contributed by atoms with Crippen molar-refractivity contribution in [2.24, 2.45) is 18.9 Å². The summed E-state index contributed by atoms with van der Waals surface area (Å²) in [6.45, 7) is 6.61. The van der Waals surface area contributed by atoms with E-state index in [1.54, 1.807) is 4.68 Å². The maximum atomic E-state index is 13.2. The predicted octanol–water partition coefficient (Wildman–Crippen LogP) is 6.21. The number of likely N-dealkylation sites (tertiary alicyclic amines) is 1. The Bertz CT molecular complexity index is 2240. The van der Waals surface area contributed by atoms with E-state index in [-0.39, 0.29) is 30.2 Å². The SMILES string of the molecule is Cn1nc(C2CCC(=O)NC2=O)c2ccc(OCC(=O)N3CCC(CN4CCN(c5ccc([C@@H]6c7ccc(O)cc7CC[C@@H]6C6=CCCC=C6)cc5)CC4)CC3)cc21. The standard InChI is InChI=1S/C47H54N6O5/c1-50-42-28-37(13-16-40(42)46(49-50)41-17-18-43(55)48-47(41)57)58-30-44(56)53-21-19-31(20-22-53)29-51-23-25-52(26-24-51)35-10-7-33(8-11-35)45-38(32-5-3-2-4-6-32)14-9-34-27-36(54)12-15-39(34)45/h3,5-8,10-13,15-16,27-28,31,38,41,45,54H,2,4,9,14,17-26,29-30H2,1H3,(H,48,55,57)/t38-,41?,45+/m1/s1. The fraction of sp³-hybridized carbons (Fsp3) is 0.447. The minimum atomic E-state index is -0.466. The number of aromatic nitrogens is 2. The zero-order valence-corrected chi connectivity index (χ0v) is 33.4. The number of hydrogen-bond acceptors (Lipinski definition) is 8. The van der Waals surface area contributed by atoms with E-state index in [0.717, 1.165) is 95.2 Å². The molecule has 3 atom stereocenters. The highest BCUT2D eigenvalue weighted by Gasteiger charge is 2.34. The van der Waals surface area contributed by atoms with Crippen LogP contribution in [0.5, 0.6) is 11.5 Å². The number of fused-ring (bicyclic) bond motifs is 2. The second-order valence-electron chi connectivity index (χ2n) is 16.9. The minimum absolute atomic E-state index is 0.00200. The Morgan fingerprint density at radius 1 is 0.897 bits per heavy atom. The number of aryl methyl sites for hydroxylation is 2. The van der Waals surface area contributed by atoms with E-state index in [1.807, 2.05) is 42.3 Å². The summed E-state index contributed by atoms with van der Waals surface area (Å²) in [5, 5.41) is 18.1. The molecule has 4 heterocycles. The number of phenols is 1. The molecular formula is C47H54N6O5. The molecule has 2 aliphatic carbocycles. The fourth-order valence-electron chi connectivity index (χ4n) is 10.1. The van der Waals surface area contributed by atoms with Gasteiger partial charge in [-0.15, -0.1) is 0 Å². The first kappa shape index (κ1) is 38.1. The van der Waals surface area contributed by atoms with E-state index in [2.05, 4.69) is 68.8 Å². The van der Waals surface area contributed by atoms with Crippen LogP contribution in [-0.4, -0.2) is 94.8 Å². The highest BCUT2D eigenvalue weighted by Crippen LogP contribution is 2.46. The molecule has 302 valence electrons. The molecule has 3 saturated heterocycles. The van der Waals surface area contributed by atoms with E-state index >= 15 is 0 Å². The number of carbonyl (C=O) groups excluding carboxylic acids is 3. The van der Waals surface area contributed by atoms with Gasteiger partial charge in [0.25, 0.3) is 5.91 Å². The second kappa shape index (κ2) is 16.4. The quantitative estimate of drug-likeness (QED) is 0.193. The number of piperidine rings is 2. The lowest BCUT2D eigenvalue weighted by Gasteiger charge is -2.40. The number of carbonyl (C=O) groups is 3. The maximum Gasteiger partial charge on any atom is 0.260 e. The van der Waals surface area contributed by atoms with Gasteiger partial charge in [0.15, 0.2) is 6.61 Å². The van der Waals surface area contributed by atoms with Crippen molar-refractivity contribution < 1.29 is 24.2 Å². The average molecular weight is 783 g/mol. The Labute approximate surface area is 340 Å². The number of benzene rings is 3. The highest BCUT2D eigenvalue weighted by atomic mass is 16.5. The first-order valence-electron chi connectivity index (χ1n) is 21.2. The molecule has 0 spiro atoms. The van der Waals surface area contributed by atoms with E-state index in [9.17, 15) is 19.5 Å². The number of ether oxygens (including phenoxy) is 1. The smallest absolute Gasteiger partial charge is 0.260 e. The summed E-state index contributed by atoms with van der Waals surface area (Å²) in [6, 6.07) is 20.8. The van der Waals surface area contributed by atoms with Gasteiger partial charge >= 0.3 is 0 Å². The van der Waals surface area contributed by atoms with Crippen LogP contribution in [0.4, 0.5) is 5.69 Å². The fourth-order valence-corrected chi connectivity index (χ4v) is 10.1. The Morgan fingerprint density at radius 3 is 2.47 bits per heavy atom. The molecule has 3 amide bonds. The van der Waals surface area contributed by atoms with E-state index < -0.39 is 5.92 Å². The molecule has 5 aliphatic rings. The number of allylic oxidation sites excluding steroid dienone is 4. The first-order chi connectivity index (χ1) is 28.3. The number of amides is 3. The van der Waals surface area contributed by atoms with Crippen LogP contribution in [0, 0.1) is 11.8 Å². The third-order valence-electron chi connectivity index (χ3n) is 13.3. The normalized spacial score (nSPS) is 23.1. The van der Waals surface area contributed by atoms with Gasteiger partial charge in [0.2, 0.25) is 11.8 Å². The highest BCUT2D eigenvalue weighted by molar-refractivity contribution is 6.02. The van der Waals surface area contributed by atoms with Crippen LogP contribution in [0.3, 0.4) is 0 Å². The van der Waals surface area contributed by atoms with Gasteiger partial charge < -0.3 is 19.6 Å². The third kappa shape index (κ3) is 7.88. The van der Waals surface area contributed by atoms with Crippen LogP contribution < -0.4 is 15.0 Å². The zero-order chi connectivity index (χ0) is 39.8. The van der Waals surface area contributed by atoms with Crippen molar-refractivity contribution in [1.82, 2.24) is 24.9 Å². The van der Waals surface area contributed by atoms with Crippen LogP contribution in [0.15, 0.2) is 84.5 Å². The molecule has 3 aliphatic heterocycles. The molecule has 4 aromatic rings. The van der Waals surface area contributed by atoms with E-state index in [1.165, 1.54) is 28.0 Å². The van der Waals surface area contributed by atoms with Gasteiger partial charge in [0.05, 0.1) is 17.1 Å². The third-order valence-corrected chi connectivity index (χ3v) is 13.3. The number of piperazine rings is 1. The van der Waals surface area contributed by atoms with Crippen molar-refractivity contribution in [2.45, 2.75) is 63.2 Å². The van der Waals surface area contributed by atoms with E-state index in [4.69, 9.17) is 4.74 Å². The molecule has 0 radical (unpaired) electrons. The molecule has 58 heavy (non-hydrogen) atoms. The van der Waals surface area contributed by atoms with Crippen molar-refractivity contribution in [3.05, 3.63) is 107 Å². The summed E-state index contributed by atoms with van der Waals surface area (Å²) >= 11 is 0. The molecule has 1 unspecified atom stereocenters. The molecule has 3 fully saturated rings. The minimum Gasteiger partial charge on any atom is -0.508 e. The number of aromatic hydroxyl groups is 1. The Morgan fingerprint density at radius 2 is 1.71 bits per heavy atom. The van der Waals surface area contributed by atoms with E-state index in [0.29, 0.717) is 41.9 Å². The van der Waals surface area contributed by atoms with Gasteiger partial charge in [0, 0.05) is 82.3 Å². The van der Waals surface area contributed by atoms with Crippen molar-refractivity contribution in [2.75, 3.05) is 57.3 Å². The summed E-state index contributed by atoms with van der Waals surface area (Å²) in [5.41, 5.74) is 8.18. The predicted molar refractivity (Wildman–Crippen MR) is 224 cm³/mol. The number of imide groups is 1. The van der Waals surface area contributed by atoms with Crippen LogP contribution in [0.2, 0.25) is 0 Å². The van der Waals surface area contributed by atoms with Gasteiger partial charge in [-0.05, 0) is 115 Å². The Hall–Kier alpha value is -5.42. The molecular weight excluding hydrogens is 729 g/mol. The molecule has 2 N–H and O–H groups in total. The number of hydrogen-bond donors (Lipinski definition) is 2. The van der Waals surface area contributed by atoms with Gasteiger partial charge in [-0.3, -0.25) is 29.3 Å². The number of nitrogens with zero attached hydrogens (tertiary/aromatic N) is 5. The van der Waals surface area contributed by atoms with Crippen molar-refractivity contribution in [1.29, 1.82) is 0 Å². The average Bonchev–Trinajstić information content (AvgIpc) is 3.58. The number of nitrogens with one attached hydrogen (secondary N) is 1. The Balaban J connectivity index is 0.743. The monoisotopic (exact) mass is 782 g/mol. The summed E-state index contributed by atoms with van der Waals surface area (Å²) in [5.74, 6) is 1.21. The molecule has 11 heteroatoms. The molecule has 0 bridgehead atoms. The van der Waals surface area contributed by atoms with Crippen molar-refractivity contribution in [3.63, 3.8) is 0 Å². The number of anilines is 1. The molecule has 1 aromatic heterocycles. The van der Waals surface area contributed by atoms with Crippen molar-refractivity contribution >= 4 is 34.3 Å². The van der Waals surface area contributed by atoms with Crippen LogP contribution >= 0.6 is 0 Å². The lowest BCUT2D eigenvalue weighted by Crippen LogP contribution is -2.49. The van der Waals surface area contributed by atoms with Gasteiger partial charge in [0.1, 0.15) is 11.5 Å². The zero-order valence-electron chi connectivity index (χ0n) is 33.4. The molecule has 9 rings (SSSR count). The summed E-state index contributed by atoms with van der Waals surface area (Å²) in [4.78, 5) is 44.4. The molecule has 3 aromatic carbocycles.